The number of ether oxygens (including phenoxy) is 3. The standard InChI is InChI=1S/C56H86O6/c1-4-7-10-13-16-19-22-25-26-27-28-29-30-32-34-37-40-43-46-49-55(58)61-52-53(51-60-54(57)48-45-42-39-36-33-24-21-18-15-12-9-6-3)62-56(59)50-47-44-41-38-35-31-23-20-17-14-11-8-5-2/h7-12,14,16-21,23,25-26,28-29,31-32,34-35,53H,4-6,13,15,22,24,27,30,33,36-52H2,1-3H3/b10-7-,11-8-,12-9-,17-14-,19-16-,21-18-,23-20-,26-25-,29-28-,34-32-,35-31-. The fourth-order valence-electron chi connectivity index (χ4n) is 5.93. The maximum absolute atomic E-state index is 12.7. The van der Waals surface area contributed by atoms with Crippen LogP contribution in [0.1, 0.15) is 181 Å². The van der Waals surface area contributed by atoms with Crippen molar-refractivity contribution in [2.24, 2.45) is 0 Å². The van der Waals surface area contributed by atoms with Crippen LogP contribution in [-0.2, 0) is 28.6 Å². The van der Waals surface area contributed by atoms with Gasteiger partial charge in [0.25, 0.3) is 0 Å². The van der Waals surface area contributed by atoms with Gasteiger partial charge in [-0.25, -0.2) is 0 Å². The zero-order chi connectivity index (χ0) is 45.1. The highest BCUT2D eigenvalue weighted by Gasteiger charge is 2.19. The molecule has 0 radical (unpaired) electrons. The van der Waals surface area contributed by atoms with Crippen molar-refractivity contribution in [3.05, 3.63) is 134 Å². The third-order valence-electron chi connectivity index (χ3n) is 9.48. The van der Waals surface area contributed by atoms with E-state index >= 15 is 0 Å². The van der Waals surface area contributed by atoms with E-state index in [1.807, 2.05) is 36.5 Å². The molecule has 0 aliphatic rings. The molecule has 6 nitrogen and oxygen atoms in total. The monoisotopic (exact) mass is 855 g/mol. The number of esters is 3. The van der Waals surface area contributed by atoms with E-state index in [1.165, 1.54) is 0 Å². The highest BCUT2D eigenvalue weighted by Crippen LogP contribution is 2.12. The normalized spacial score (nSPS) is 13.3. The molecule has 0 rings (SSSR count). The van der Waals surface area contributed by atoms with Gasteiger partial charge >= 0.3 is 17.9 Å². The van der Waals surface area contributed by atoms with Crippen LogP contribution in [0.3, 0.4) is 0 Å². The van der Waals surface area contributed by atoms with Crippen LogP contribution in [0.2, 0.25) is 0 Å². The van der Waals surface area contributed by atoms with Gasteiger partial charge < -0.3 is 14.2 Å². The summed E-state index contributed by atoms with van der Waals surface area (Å²) in [4.78, 5) is 37.9. The van der Waals surface area contributed by atoms with Gasteiger partial charge in [0.1, 0.15) is 13.2 Å². The first-order valence-corrected chi connectivity index (χ1v) is 24.2. The van der Waals surface area contributed by atoms with Crippen molar-refractivity contribution < 1.29 is 28.6 Å². The van der Waals surface area contributed by atoms with E-state index in [4.69, 9.17) is 14.2 Å². The fraction of sp³-hybridized carbons (Fsp3) is 0.554. The second-order valence-electron chi connectivity index (χ2n) is 15.3. The van der Waals surface area contributed by atoms with Gasteiger partial charge in [0.15, 0.2) is 6.10 Å². The van der Waals surface area contributed by atoms with Crippen LogP contribution in [0, 0.1) is 0 Å². The first-order valence-electron chi connectivity index (χ1n) is 24.2. The van der Waals surface area contributed by atoms with Crippen LogP contribution in [0.5, 0.6) is 0 Å². The number of carbonyl (C=O) groups is 3. The van der Waals surface area contributed by atoms with Crippen molar-refractivity contribution >= 4 is 17.9 Å². The summed E-state index contributed by atoms with van der Waals surface area (Å²) < 4.78 is 16.7. The van der Waals surface area contributed by atoms with Gasteiger partial charge in [-0.15, -0.1) is 0 Å². The molecule has 0 aliphatic heterocycles. The Morgan fingerprint density at radius 3 is 1.11 bits per heavy atom. The lowest BCUT2D eigenvalue weighted by Gasteiger charge is -2.18. The van der Waals surface area contributed by atoms with E-state index in [9.17, 15) is 14.4 Å². The Morgan fingerprint density at radius 1 is 0.339 bits per heavy atom. The molecular formula is C56H86O6. The van der Waals surface area contributed by atoms with Crippen LogP contribution in [-0.4, -0.2) is 37.2 Å². The van der Waals surface area contributed by atoms with Gasteiger partial charge in [-0.05, 0) is 109 Å². The summed E-state index contributed by atoms with van der Waals surface area (Å²) >= 11 is 0. The predicted molar refractivity (Wildman–Crippen MR) is 265 cm³/mol. The number of unbranched alkanes of at least 4 members (excludes halogenated alkanes) is 11. The summed E-state index contributed by atoms with van der Waals surface area (Å²) in [6.07, 6.45) is 68.7. The summed E-state index contributed by atoms with van der Waals surface area (Å²) in [7, 11) is 0. The summed E-state index contributed by atoms with van der Waals surface area (Å²) in [5, 5.41) is 0. The maximum Gasteiger partial charge on any atom is 0.306 e. The van der Waals surface area contributed by atoms with E-state index in [0.29, 0.717) is 19.3 Å². The molecule has 0 aromatic carbocycles. The number of allylic oxidation sites excluding steroid dienone is 22. The summed E-state index contributed by atoms with van der Waals surface area (Å²) in [6.45, 7) is 6.16. The minimum Gasteiger partial charge on any atom is -0.462 e. The fourth-order valence-corrected chi connectivity index (χ4v) is 5.93. The molecule has 62 heavy (non-hydrogen) atoms. The van der Waals surface area contributed by atoms with Gasteiger partial charge in [0.05, 0.1) is 0 Å². The summed E-state index contributed by atoms with van der Waals surface area (Å²) in [6, 6.07) is 0. The van der Waals surface area contributed by atoms with Crippen molar-refractivity contribution in [3.63, 3.8) is 0 Å². The van der Waals surface area contributed by atoms with Crippen molar-refractivity contribution in [2.75, 3.05) is 13.2 Å². The van der Waals surface area contributed by atoms with E-state index in [0.717, 1.165) is 135 Å². The predicted octanol–water partition coefficient (Wildman–Crippen LogP) is 15.9. The molecule has 0 N–H and O–H groups in total. The SMILES string of the molecule is CC\C=C/C=C\C=C/C=C\CCCCCC(=O)OC(COC(=O)CCCCC/C=C\C/C=C\C/C=C\C/C=C\C/C=C\CC)COC(=O)CCCCCCC/C=C\C/C=C\CC. The van der Waals surface area contributed by atoms with Crippen molar-refractivity contribution in [3.8, 4) is 0 Å². The van der Waals surface area contributed by atoms with Crippen LogP contribution in [0.4, 0.5) is 0 Å². The molecule has 0 fully saturated rings. The van der Waals surface area contributed by atoms with E-state index < -0.39 is 6.10 Å². The first kappa shape index (κ1) is 57.5. The lowest BCUT2D eigenvalue weighted by Crippen LogP contribution is -2.30. The molecule has 0 aliphatic carbocycles. The molecule has 0 saturated heterocycles. The number of carbonyl (C=O) groups excluding carboxylic acids is 3. The third kappa shape index (κ3) is 46.6. The molecule has 0 amide bonds. The topological polar surface area (TPSA) is 78.9 Å². The third-order valence-corrected chi connectivity index (χ3v) is 9.48. The molecule has 0 heterocycles. The molecule has 1 unspecified atom stereocenters. The second kappa shape index (κ2) is 49.2. The van der Waals surface area contributed by atoms with Crippen molar-refractivity contribution in [2.45, 2.75) is 187 Å². The van der Waals surface area contributed by atoms with Gasteiger partial charge in [0, 0.05) is 19.3 Å². The zero-order valence-electron chi connectivity index (χ0n) is 39.3. The highest BCUT2D eigenvalue weighted by molar-refractivity contribution is 5.71. The largest absolute Gasteiger partial charge is 0.462 e. The van der Waals surface area contributed by atoms with E-state index in [2.05, 4.69) is 118 Å². The lowest BCUT2D eigenvalue weighted by molar-refractivity contribution is -0.167. The molecular weight excluding hydrogens is 769 g/mol. The molecule has 0 saturated carbocycles. The average molecular weight is 855 g/mol. The van der Waals surface area contributed by atoms with Crippen LogP contribution >= 0.6 is 0 Å². The maximum atomic E-state index is 12.7. The highest BCUT2D eigenvalue weighted by atomic mass is 16.6. The minimum atomic E-state index is -0.822. The lowest BCUT2D eigenvalue weighted by atomic mass is 10.1. The Labute approximate surface area is 379 Å². The summed E-state index contributed by atoms with van der Waals surface area (Å²) in [5.41, 5.74) is 0. The van der Waals surface area contributed by atoms with Gasteiger partial charge in [-0.2, -0.15) is 0 Å². The molecule has 0 aromatic rings. The van der Waals surface area contributed by atoms with Crippen molar-refractivity contribution in [1.82, 2.24) is 0 Å². The number of rotatable bonds is 41. The smallest absolute Gasteiger partial charge is 0.306 e. The summed E-state index contributed by atoms with van der Waals surface area (Å²) in [5.74, 6) is -1.02. The number of hydrogen-bond acceptors (Lipinski definition) is 6. The molecule has 346 valence electrons. The van der Waals surface area contributed by atoms with Crippen molar-refractivity contribution in [1.29, 1.82) is 0 Å². The van der Waals surface area contributed by atoms with E-state index in [-0.39, 0.29) is 37.5 Å². The quantitative estimate of drug-likeness (QED) is 0.0200. The van der Waals surface area contributed by atoms with Gasteiger partial charge in [-0.1, -0.05) is 187 Å². The Bertz CT molecular complexity index is 1400. The Hall–Kier alpha value is -4.45. The number of hydrogen-bond donors (Lipinski definition) is 0. The Balaban J connectivity index is 4.53. The molecule has 6 heteroatoms. The zero-order valence-corrected chi connectivity index (χ0v) is 39.3. The molecule has 0 aromatic heterocycles. The second-order valence-corrected chi connectivity index (χ2v) is 15.3. The van der Waals surface area contributed by atoms with E-state index in [1.54, 1.807) is 0 Å². The van der Waals surface area contributed by atoms with Crippen LogP contribution in [0.15, 0.2) is 134 Å². The van der Waals surface area contributed by atoms with Crippen LogP contribution < -0.4 is 0 Å². The average Bonchev–Trinajstić information content (AvgIpc) is 3.27. The van der Waals surface area contributed by atoms with Gasteiger partial charge in [-0.3, -0.25) is 14.4 Å². The molecule has 0 bridgehead atoms. The molecule has 0 spiro atoms. The molecule has 1 atom stereocenters. The Morgan fingerprint density at radius 2 is 0.661 bits per heavy atom. The Kier molecular flexibility index (Phi) is 45.7. The van der Waals surface area contributed by atoms with Gasteiger partial charge in [0.2, 0.25) is 0 Å². The first-order chi connectivity index (χ1) is 30.5. The van der Waals surface area contributed by atoms with Crippen LogP contribution in [0.25, 0.3) is 0 Å². The minimum absolute atomic E-state index is 0.118.